The Kier molecular flexibility index (Phi) is 7.54. The third-order valence-electron chi connectivity index (χ3n) is 6.64. The van der Waals surface area contributed by atoms with Gasteiger partial charge in [-0.05, 0) is 58.4 Å². The number of hydrogen-bond acceptors (Lipinski definition) is 7. The number of benzene rings is 1. The first-order valence-electron chi connectivity index (χ1n) is 12.5. The molecule has 9 nitrogen and oxygen atoms in total. The van der Waals surface area contributed by atoms with Crippen LogP contribution in [0, 0.1) is 0 Å². The summed E-state index contributed by atoms with van der Waals surface area (Å²) in [5, 5.41) is 0.440. The minimum absolute atomic E-state index is 0.270. The Hall–Kier alpha value is -3.14. The van der Waals surface area contributed by atoms with Gasteiger partial charge in [-0.25, -0.2) is 9.78 Å². The molecule has 10 heteroatoms. The van der Waals surface area contributed by atoms with Gasteiger partial charge in [0.25, 0.3) is 0 Å². The molecule has 1 fully saturated rings. The largest absolute Gasteiger partial charge is 0.444 e. The molecule has 2 aliphatic rings. The predicted octanol–water partition coefficient (Wildman–Crippen LogP) is 3.43. The second-order valence-electron chi connectivity index (χ2n) is 10.5. The standard InChI is InChI=1S/C26H35N5O4S/c1-26(2,3)35-25(34)31(17-11-7-13-20-21(17)29-24(28)36-20)19(15-16-9-5-4-6-10-16)23(33)30-14-8-12-18(30)22(27)32/h4-6,9-10,17-19H,7-8,11-15H2,1-3H3,(H2,27,32)(H2,28,29)/t17?,18-,19+/m0/s1. The summed E-state index contributed by atoms with van der Waals surface area (Å²) in [5.74, 6) is -0.836. The third-order valence-corrected chi connectivity index (χ3v) is 7.60. The first-order chi connectivity index (χ1) is 17.0. The van der Waals surface area contributed by atoms with Crippen molar-refractivity contribution in [1.29, 1.82) is 0 Å². The number of rotatable bonds is 6. The van der Waals surface area contributed by atoms with Crippen molar-refractivity contribution in [2.75, 3.05) is 12.3 Å². The number of aromatic nitrogens is 1. The molecule has 3 amide bonds. The van der Waals surface area contributed by atoms with Crippen LogP contribution in [0.3, 0.4) is 0 Å². The van der Waals surface area contributed by atoms with Gasteiger partial charge in [-0.2, -0.15) is 0 Å². The van der Waals surface area contributed by atoms with Crippen molar-refractivity contribution in [1.82, 2.24) is 14.8 Å². The molecule has 4 rings (SSSR count). The Bertz CT molecular complexity index is 1110. The van der Waals surface area contributed by atoms with Crippen LogP contribution in [-0.2, 0) is 27.2 Å². The van der Waals surface area contributed by atoms with E-state index < -0.39 is 35.7 Å². The molecule has 1 aliphatic carbocycles. The van der Waals surface area contributed by atoms with E-state index in [1.165, 1.54) is 16.2 Å². The van der Waals surface area contributed by atoms with Gasteiger partial charge >= 0.3 is 6.09 Å². The summed E-state index contributed by atoms with van der Waals surface area (Å²) >= 11 is 1.42. The van der Waals surface area contributed by atoms with Gasteiger partial charge in [-0.15, -0.1) is 11.3 Å². The SMILES string of the molecule is CC(C)(C)OC(=O)N(C1CCCc2sc(N)nc21)[C@H](Cc1ccccc1)C(=O)N1CCC[C@H]1C(N)=O. The molecule has 36 heavy (non-hydrogen) atoms. The number of thiazole rings is 1. The molecule has 0 bridgehead atoms. The second-order valence-corrected chi connectivity index (χ2v) is 11.6. The van der Waals surface area contributed by atoms with E-state index in [9.17, 15) is 14.4 Å². The van der Waals surface area contributed by atoms with E-state index in [0.717, 1.165) is 29.0 Å². The van der Waals surface area contributed by atoms with Gasteiger partial charge in [0.05, 0.1) is 11.7 Å². The molecule has 4 N–H and O–H groups in total. The molecule has 0 spiro atoms. The van der Waals surface area contributed by atoms with E-state index in [4.69, 9.17) is 16.2 Å². The summed E-state index contributed by atoms with van der Waals surface area (Å²) in [4.78, 5) is 48.8. The number of likely N-dealkylation sites (tertiary alicyclic amines) is 1. The summed E-state index contributed by atoms with van der Waals surface area (Å²) in [6, 6.07) is 7.50. The minimum Gasteiger partial charge on any atom is -0.444 e. The number of ether oxygens (including phenoxy) is 1. The zero-order valence-electron chi connectivity index (χ0n) is 21.1. The monoisotopic (exact) mass is 513 g/mol. The highest BCUT2D eigenvalue weighted by Crippen LogP contribution is 2.40. The number of primary amides is 1. The van der Waals surface area contributed by atoms with Crippen LogP contribution in [0.5, 0.6) is 0 Å². The molecular formula is C26H35N5O4S. The zero-order valence-corrected chi connectivity index (χ0v) is 21.9. The number of amides is 3. The maximum Gasteiger partial charge on any atom is 0.411 e. The number of nitrogens with two attached hydrogens (primary N) is 2. The molecule has 1 aliphatic heterocycles. The van der Waals surface area contributed by atoms with E-state index in [-0.39, 0.29) is 12.3 Å². The lowest BCUT2D eigenvalue weighted by atomic mass is 9.93. The number of anilines is 1. The number of fused-ring (bicyclic) bond motifs is 1. The summed E-state index contributed by atoms with van der Waals surface area (Å²) in [7, 11) is 0. The van der Waals surface area contributed by atoms with Crippen molar-refractivity contribution >= 4 is 34.4 Å². The fraction of sp³-hybridized carbons (Fsp3) is 0.538. The fourth-order valence-electron chi connectivity index (χ4n) is 5.13. The molecular weight excluding hydrogens is 478 g/mol. The topological polar surface area (TPSA) is 132 Å². The number of aryl methyl sites for hydroxylation is 1. The number of hydrogen-bond donors (Lipinski definition) is 2. The Morgan fingerprint density at radius 1 is 1.19 bits per heavy atom. The highest BCUT2D eigenvalue weighted by molar-refractivity contribution is 7.15. The lowest BCUT2D eigenvalue weighted by molar-refractivity contribution is -0.142. The number of carbonyl (C=O) groups is 3. The second kappa shape index (κ2) is 10.5. The number of nitrogen functional groups attached to an aromatic ring is 1. The summed E-state index contributed by atoms with van der Waals surface area (Å²) in [5.41, 5.74) is 12.6. The maximum atomic E-state index is 14.2. The first-order valence-corrected chi connectivity index (χ1v) is 13.3. The van der Waals surface area contributed by atoms with Gasteiger partial charge in [0.1, 0.15) is 17.7 Å². The number of carbonyl (C=O) groups excluding carboxylic acids is 3. The van der Waals surface area contributed by atoms with Crippen LogP contribution in [0.1, 0.15) is 68.6 Å². The highest BCUT2D eigenvalue weighted by Gasteiger charge is 2.45. The molecule has 0 saturated carbocycles. The van der Waals surface area contributed by atoms with Crippen LogP contribution < -0.4 is 11.5 Å². The molecule has 2 heterocycles. The molecule has 3 atom stereocenters. The van der Waals surface area contributed by atoms with Crippen molar-refractivity contribution in [2.45, 2.75) is 83.0 Å². The minimum atomic E-state index is -0.902. The molecule has 1 unspecified atom stereocenters. The zero-order chi connectivity index (χ0) is 26.0. The third kappa shape index (κ3) is 5.64. The van der Waals surface area contributed by atoms with Crippen LogP contribution in [0.2, 0.25) is 0 Å². The summed E-state index contributed by atoms with van der Waals surface area (Å²) in [6.45, 7) is 5.81. The van der Waals surface area contributed by atoms with Crippen molar-refractivity contribution in [3.63, 3.8) is 0 Å². The van der Waals surface area contributed by atoms with Crippen LogP contribution in [0.25, 0.3) is 0 Å². The molecule has 1 aromatic heterocycles. The van der Waals surface area contributed by atoms with Gasteiger partial charge in [0, 0.05) is 17.8 Å². The first kappa shape index (κ1) is 25.9. The molecule has 194 valence electrons. The lowest BCUT2D eigenvalue weighted by Gasteiger charge is -2.41. The average Bonchev–Trinajstić information content (AvgIpc) is 3.44. The van der Waals surface area contributed by atoms with E-state index in [2.05, 4.69) is 4.98 Å². The predicted molar refractivity (Wildman–Crippen MR) is 138 cm³/mol. The normalized spacial score (nSPS) is 20.5. The molecule has 2 aromatic rings. The lowest BCUT2D eigenvalue weighted by Crippen LogP contribution is -2.57. The van der Waals surface area contributed by atoms with E-state index in [0.29, 0.717) is 30.9 Å². The van der Waals surface area contributed by atoms with Crippen LogP contribution in [0.15, 0.2) is 30.3 Å². The van der Waals surface area contributed by atoms with Gasteiger partial charge < -0.3 is 21.1 Å². The van der Waals surface area contributed by atoms with Crippen LogP contribution >= 0.6 is 11.3 Å². The van der Waals surface area contributed by atoms with Crippen molar-refractivity contribution < 1.29 is 19.1 Å². The molecule has 0 radical (unpaired) electrons. The quantitative estimate of drug-likeness (QED) is 0.608. The van der Waals surface area contributed by atoms with E-state index >= 15 is 0 Å². The van der Waals surface area contributed by atoms with Crippen molar-refractivity contribution in [3.8, 4) is 0 Å². The number of nitrogens with zero attached hydrogens (tertiary/aromatic N) is 3. The van der Waals surface area contributed by atoms with Gasteiger partial charge in [-0.3, -0.25) is 14.5 Å². The smallest absolute Gasteiger partial charge is 0.411 e. The summed E-state index contributed by atoms with van der Waals surface area (Å²) < 4.78 is 5.85. The van der Waals surface area contributed by atoms with Gasteiger partial charge in [-0.1, -0.05) is 30.3 Å². The molecule has 1 aromatic carbocycles. The maximum absolute atomic E-state index is 14.2. The van der Waals surface area contributed by atoms with E-state index in [1.807, 2.05) is 30.3 Å². The van der Waals surface area contributed by atoms with Crippen molar-refractivity contribution in [2.24, 2.45) is 5.73 Å². The average molecular weight is 514 g/mol. The van der Waals surface area contributed by atoms with Crippen LogP contribution in [0.4, 0.5) is 9.93 Å². The Morgan fingerprint density at radius 2 is 1.92 bits per heavy atom. The Morgan fingerprint density at radius 3 is 2.58 bits per heavy atom. The fourth-order valence-corrected chi connectivity index (χ4v) is 6.06. The highest BCUT2D eigenvalue weighted by atomic mass is 32.1. The Balaban J connectivity index is 1.80. The van der Waals surface area contributed by atoms with Gasteiger partial charge in [0.15, 0.2) is 5.13 Å². The summed E-state index contributed by atoms with van der Waals surface area (Å²) in [6.07, 6.45) is 3.17. The van der Waals surface area contributed by atoms with E-state index in [1.54, 1.807) is 25.7 Å². The van der Waals surface area contributed by atoms with Crippen LogP contribution in [-0.4, -0.2) is 56.9 Å². The van der Waals surface area contributed by atoms with Crippen molar-refractivity contribution in [3.05, 3.63) is 46.5 Å². The van der Waals surface area contributed by atoms with Gasteiger partial charge in [0.2, 0.25) is 11.8 Å². The Labute approximate surface area is 215 Å². The molecule has 1 saturated heterocycles.